The number of allylic oxidation sites excluding steroid dienone is 8. The molecule has 3 aromatic rings. The monoisotopic (exact) mass is 904 g/mol. The minimum Gasteiger partial charge on any atom is -0.404 e. The normalized spacial score (nSPS) is 12.4. The fourth-order valence-corrected chi connectivity index (χ4v) is 6.60. The lowest BCUT2D eigenvalue weighted by atomic mass is 9.99. The molecule has 0 saturated carbocycles. The van der Waals surface area contributed by atoms with Crippen LogP contribution < -0.4 is 16.4 Å². The Hall–Kier alpha value is -4.68. The lowest BCUT2D eigenvalue weighted by Crippen LogP contribution is -2.22. The maximum Gasteiger partial charge on any atom is 0.0526 e. The maximum absolute atomic E-state index is 5.61. The minimum atomic E-state index is 0.339. The standard InChI is InChI=1S/C26H34N2.C12H17N.C10H14.C7H17N.C2H7N.2C2H6/c1-6-8-9-19(3)21(5)28-26(7-2)25-16-14-24(15-17-25)23-12-10-22(11-13-23)20(4)18-27;1-4-12(13(3)5-2)11-9-7-6-8-10-11;1-9(2)8-10-6-4-3-5-7-10;1-4-6-8(3)7-5-2;1-3-2;2*1-2/h7,10-19,28H,5-6,8-9,27H2,1-4H3;4,6-10,12H,1,5H2,2-3H3;4,6-7H,1,3,5,8H2,2H3;4-7H2,1-3H3;3H,1-2H3;2*1-2H3/b20-18+,26-7-;;;;;;. The van der Waals surface area contributed by atoms with Gasteiger partial charge in [0.2, 0.25) is 0 Å². The summed E-state index contributed by atoms with van der Waals surface area (Å²) in [6, 6.07) is 28.0. The molecule has 3 aromatic carbocycles. The number of benzene rings is 3. The molecule has 0 saturated heterocycles. The maximum atomic E-state index is 5.61. The average molecular weight is 905 g/mol. The van der Waals surface area contributed by atoms with Crippen molar-refractivity contribution >= 4 is 11.3 Å². The Balaban J connectivity index is -0.000000864. The molecule has 0 heterocycles. The molecule has 4 rings (SSSR count). The summed E-state index contributed by atoms with van der Waals surface area (Å²) < 4.78 is 0. The van der Waals surface area contributed by atoms with Gasteiger partial charge in [0.25, 0.3) is 0 Å². The number of nitrogens with one attached hydrogen (secondary N) is 2. The van der Waals surface area contributed by atoms with Gasteiger partial charge in [0.05, 0.1) is 6.04 Å². The molecule has 5 heteroatoms. The van der Waals surface area contributed by atoms with Crippen LogP contribution in [0.3, 0.4) is 0 Å². The number of hydrogen-bond donors (Lipinski definition) is 3. The summed E-state index contributed by atoms with van der Waals surface area (Å²) in [5.74, 6) is 0.471. The summed E-state index contributed by atoms with van der Waals surface area (Å²) in [4.78, 5) is 4.63. The first-order valence-corrected chi connectivity index (χ1v) is 25.2. The van der Waals surface area contributed by atoms with Crippen molar-refractivity contribution in [2.45, 2.75) is 140 Å². The van der Waals surface area contributed by atoms with Gasteiger partial charge in [-0.3, -0.25) is 4.90 Å². The van der Waals surface area contributed by atoms with Gasteiger partial charge in [-0.15, -0.1) is 6.58 Å². The Labute approximate surface area is 409 Å². The van der Waals surface area contributed by atoms with Gasteiger partial charge in [0.15, 0.2) is 0 Å². The molecule has 1 aliphatic rings. The fourth-order valence-electron chi connectivity index (χ4n) is 6.60. The second kappa shape index (κ2) is 44.2. The quantitative estimate of drug-likeness (QED) is 0.105. The van der Waals surface area contributed by atoms with Crippen molar-refractivity contribution in [3.8, 4) is 11.1 Å². The Morgan fingerprint density at radius 3 is 1.68 bits per heavy atom. The van der Waals surface area contributed by atoms with E-state index in [0.29, 0.717) is 12.0 Å². The van der Waals surface area contributed by atoms with Crippen LogP contribution in [0.2, 0.25) is 0 Å². The molecule has 0 aromatic heterocycles. The van der Waals surface area contributed by atoms with Gasteiger partial charge >= 0.3 is 0 Å². The lowest BCUT2D eigenvalue weighted by molar-refractivity contribution is 0.302. The Morgan fingerprint density at radius 1 is 0.773 bits per heavy atom. The molecule has 0 fully saturated rings. The third kappa shape index (κ3) is 30.5. The van der Waals surface area contributed by atoms with Crippen LogP contribution in [0.15, 0.2) is 152 Å². The van der Waals surface area contributed by atoms with Crippen LogP contribution in [-0.4, -0.2) is 57.6 Å². The zero-order valence-electron chi connectivity index (χ0n) is 45.5. The van der Waals surface area contributed by atoms with Gasteiger partial charge in [0, 0.05) is 11.4 Å². The van der Waals surface area contributed by atoms with Gasteiger partial charge in [-0.05, 0) is 158 Å². The number of unbranched alkanes of at least 4 members (excludes halogenated alkanes) is 1. The molecule has 4 N–H and O–H groups in total. The molecule has 0 bridgehead atoms. The molecular weight excluding hydrogens is 803 g/mol. The number of hydrogen-bond acceptors (Lipinski definition) is 5. The van der Waals surface area contributed by atoms with E-state index in [0.717, 1.165) is 35.5 Å². The molecule has 5 nitrogen and oxygen atoms in total. The van der Waals surface area contributed by atoms with E-state index in [1.54, 1.807) is 6.20 Å². The van der Waals surface area contributed by atoms with Gasteiger partial charge in [-0.2, -0.15) is 0 Å². The van der Waals surface area contributed by atoms with Crippen molar-refractivity contribution in [1.29, 1.82) is 0 Å². The van der Waals surface area contributed by atoms with Crippen molar-refractivity contribution in [2.75, 3.05) is 47.8 Å². The zero-order valence-corrected chi connectivity index (χ0v) is 45.5. The van der Waals surface area contributed by atoms with Crippen molar-refractivity contribution in [3.05, 3.63) is 169 Å². The van der Waals surface area contributed by atoms with Crippen molar-refractivity contribution < 1.29 is 0 Å². The van der Waals surface area contributed by atoms with Crippen LogP contribution in [0.4, 0.5) is 0 Å². The number of nitrogens with zero attached hydrogens (tertiary/aromatic N) is 2. The average Bonchev–Trinajstić information content (AvgIpc) is 3.35. The first kappa shape index (κ1) is 65.6. The molecule has 370 valence electrons. The topological polar surface area (TPSA) is 56.6 Å². The summed E-state index contributed by atoms with van der Waals surface area (Å²) in [6.45, 7) is 40.7. The van der Waals surface area contributed by atoms with E-state index >= 15 is 0 Å². The van der Waals surface area contributed by atoms with Gasteiger partial charge in [0.1, 0.15) is 0 Å². The smallest absolute Gasteiger partial charge is 0.0526 e. The van der Waals surface area contributed by atoms with E-state index in [1.165, 1.54) is 91.4 Å². The summed E-state index contributed by atoms with van der Waals surface area (Å²) in [7, 11) is 8.03. The van der Waals surface area contributed by atoms with Crippen molar-refractivity contribution in [3.63, 3.8) is 0 Å². The molecule has 0 aliphatic heterocycles. The third-order valence-corrected chi connectivity index (χ3v) is 10.4. The minimum absolute atomic E-state index is 0.339. The molecule has 0 spiro atoms. The highest BCUT2D eigenvalue weighted by atomic mass is 15.1. The first-order chi connectivity index (χ1) is 31.8. The summed E-state index contributed by atoms with van der Waals surface area (Å²) >= 11 is 0. The van der Waals surface area contributed by atoms with Crippen molar-refractivity contribution in [1.82, 2.24) is 20.4 Å². The molecule has 0 amide bonds. The van der Waals surface area contributed by atoms with Crippen LogP contribution >= 0.6 is 0 Å². The molecule has 2 atom stereocenters. The predicted molar refractivity (Wildman–Crippen MR) is 304 cm³/mol. The van der Waals surface area contributed by atoms with E-state index in [1.807, 2.05) is 60.9 Å². The van der Waals surface area contributed by atoms with Gasteiger partial charge < -0.3 is 21.3 Å². The van der Waals surface area contributed by atoms with Crippen LogP contribution in [0.5, 0.6) is 0 Å². The van der Waals surface area contributed by atoms with Crippen molar-refractivity contribution in [2.24, 2.45) is 11.7 Å². The van der Waals surface area contributed by atoms with E-state index in [-0.39, 0.29) is 0 Å². The Kier molecular flexibility index (Phi) is 43.9. The second-order valence-corrected chi connectivity index (χ2v) is 16.3. The number of likely N-dealkylation sites (N-methyl/N-ethyl adjacent to an activating group) is 1. The van der Waals surface area contributed by atoms with Gasteiger partial charge in [-0.25, -0.2) is 0 Å². The predicted octanol–water partition coefficient (Wildman–Crippen LogP) is 16.7. The van der Waals surface area contributed by atoms with E-state index in [9.17, 15) is 0 Å². The van der Waals surface area contributed by atoms with Gasteiger partial charge in [-0.1, -0.05) is 203 Å². The van der Waals surface area contributed by atoms with Crippen LogP contribution in [-0.2, 0) is 0 Å². The van der Waals surface area contributed by atoms with Crippen LogP contribution in [0.25, 0.3) is 22.4 Å². The Morgan fingerprint density at radius 2 is 1.29 bits per heavy atom. The molecule has 1 aliphatic carbocycles. The molecule has 66 heavy (non-hydrogen) atoms. The lowest BCUT2D eigenvalue weighted by Gasteiger charge is -2.23. The summed E-state index contributed by atoms with van der Waals surface area (Å²) in [5, 5.41) is 6.28. The number of rotatable bonds is 19. The first-order valence-electron chi connectivity index (χ1n) is 25.2. The zero-order chi connectivity index (χ0) is 50.7. The second-order valence-electron chi connectivity index (χ2n) is 16.3. The highest BCUT2D eigenvalue weighted by molar-refractivity contribution is 5.72. The molecule has 0 radical (unpaired) electrons. The van der Waals surface area contributed by atoms with E-state index in [4.69, 9.17) is 5.73 Å². The SMILES string of the molecule is C=C(C)CC1=CCCC=C1.C=C(N/C(=C\C)c1ccc(-c2ccc(/C(C)=C/N)cc2)cc1)C(C)CCCC.C=CC(c1ccccc1)N(C)CC.CC.CC.CCCN(C)CCC.CNC. The largest absolute Gasteiger partial charge is 0.404 e. The highest BCUT2D eigenvalue weighted by Crippen LogP contribution is 2.26. The number of nitrogens with two attached hydrogens (primary N) is 1. The van der Waals surface area contributed by atoms with Crippen LogP contribution in [0.1, 0.15) is 157 Å². The summed E-state index contributed by atoms with van der Waals surface area (Å²) in [5.41, 5.74) is 17.6. The third-order valence-electron chi connectivity index (χ3n) is 10.4. The van der Waals surface area contributed by atoms with E-state index in [2.05, 4.69) is 200 Å². The molecular formula is C61H101N5. The molecule has 2 unspecified atom stereocenters. The highest BCUT2D eigenvalue weighted by Gasteiger charge is 2.11. The Bertz CT molecular complexity index is 1740. The van der Waals surface area contributed by atoms with E-state index < -0.39 is 0 Å². The fraction of sp³-hybridized carbons (Fsp3) is 0.475. The van der Waals surface area contributed by atoms with Crippen LogP contribution in [0, 0.1) is 5.92 Å². The summed E-state index contributed by atoms with van der Waals surface area (Å²) in [6.07, 6.45) is 22.1.